The topological polar surface area (TPSA) is 40.5 Å². The predicted octanol–water partition coefficient (Wildman–Crippen LogP) is 2.35. The lowest BCUT2D eigenvalue weighted by Crippen LogP contribution is -2.31. The number of unbranched alkanes of at least 4 members (excludes halogenated alkanes) is 1. The second kappa shape index (κ2) is 7.91. The number of rotatable bonds is 5. The molecule has 1 N–H and O–H groups in total. The fourth-order valence-electron chi connectivity index (χ4n) is 1.55. The van der Waals surface area contributed by atoms with Gasteiger partial charge < -0.3 is 10.0 Å². The van der Waals surface area contributed by atoms with Gasteiger partial charge in [-0.3, -0.25) is 4.79 Å². The predicted molar refractivity (Wildman–Crippen MR) is 74.8 cm³/mol. The van der Waals surface area contributed by atoms with Gasteiger partial charge in [0.2, 0.25) is 0 Å². The summed E-state index contributed by atoms with van der Waals surface area (Å²) in [4.78, 5) is 15.6. The minimum absolute atomic E-state index is 0.0769. The summed E-state index contributed by atoms with van der Waals surface area (Å²) in [6.07, 6.45) is 2.11. The molecule has 4 heteroatoms. The number of carbonyl (C=O) groups excluding carboxylic acids is 1. The van der Waals surface area contributed by atoms with Crippen molar-refractivity contribution in [2.24, 2.45) is 0 Å². The van der Waals surface area contributed by atoms with E-state index in [-0.39, 0.29) is 12.5 Å². The van der Waals surface area contributed by atoms with E-state index in [4.69, 9.17) is 5.11 Å². The fourth-order valence-corrected chi connectivity index (χ4v) is 2.40. The van der Waals surface area contributed by atoms with Gasteiger partial charge in [0.25, 0.3) is 5.91 Å². The van der Waals surface area contributed by atoms with Gasteiger partial charge in [-0.1, -0.05) is 25.2 Å². The first-order valence-corrected chi connectivity index (χ1v) is 7.03. The first-order valence-electron chi connectivity index (χ1n) is 6.21. The molecule has 0 atom stereocenters. The van der Waals surface area contributed by atoms with E-state index < -0.39 is 0 Å². The van der Waals surface area contributed by atoms with Gasteiger partial charge >= 0.3 is 0 Å². The maximum atomic E-state index is 12.2. The molecule has 1 amide bonds. The average molecular weight is 265 g/mol. The zero-order valence-electron chi connectivity index (χ0n) is 10.9. The second-order valence-electron chi connectivity index (χ2n) is 3.86. The SMILES string of the molecule is CCCCN(CC)C(=O)c1ccc(C#CCO)s1. The van der Waals surface area contributed by atoms with Crippen molar-refractivity contribution in [2.75, 3.05) is 19.7 Å². The number of hydrogen-bond acceptors (Lipinski definition) is 3. The number of aliphatic hydroxyl groups excluding tert-OH is 1. The summed E-state index contributed by atoms with van der Waals surface area (Å²) in [6.45, 7) is 5.49. The maximum absolute atomic E-state index is 12.2. The highest BCUT2D eigenvalue weighted by atomic mass is 32.1. The standard InChI is InChI=1S/C14H19NO2S/c1-3-5-10-15(4-2)14(17)13-9-8-12(18-13)7-6-11-16/h8-9,16H,3-5,10-11H2,1-2H3. The number of carbonyl (C=O) groups is 1. The van der Waals surface area contributed by atoms with E-state index in [2.05, 4.69) is 18.8 Å². The summed E-state index contributed by atoms with van der Waals surface area (Å²) in [7, 11) is 0. The normalized spacial score (nSPS) is 9.72. The highest BCUT2D eigenvalue weighted by molar-refractivity contribution is 7.14. The van der Waals surface area contributed by atoms with Crippen molar-refractivity contribution in [3.63, 3.8) is 0 Å². The molecule has 0 saturated heterocycles. The third-order valence-electron chi connectivity index (χ3n) is 2.56. The average Bonchev–Trinajstić information content (AvgIpc) is 2.85. The zero-order chi connectivity index (χ0) is 13.4. The lowest BCUT2D eigenvalue weighted by molar-refractivity contribution is 0.0767. The molecule has 98 valence electrons. The number of amides is 1. The number of hydrogen-bond donors (Lipinski definition) is 1. The van der Waals surface area contributed by atoms with Gasteiger partial charge in [-0.05, 0) is 25.5 Å². The van der Waals surface area contributed by atoms with Gasteiger partial charge in [0, 0.05) is 13.1 Å². The molecule has 0 fully saturated rings. The van der Waals surface area contributed by atoms with Crippen molar-refractivity contribution >= 4 is 17.2 Å². The Hall–Kier alpha value is -1.31. The smallest absolute Gasteiger partial charge is 0.263 e. The lowest BCUT2D eigenvalue weighted by Gasteiger charge is -2.19. The van der Waals surface area contributed by atoms with Crippen LogP contribution in [0.15, 0.2) is 12.1 Å². The van der Waals surface area contributed by atoms with E-state index >= 15 is 0 Å². The lowest BCUT2D eigenvalue weighted by atomic mass is 10.3. The van der Waals surface area contributed by atoms with Gasteiger partial charge in [0.1, 0.15) is 6.61 Å². The first kappa shape index (κ1) is 14.7. The van der Waals surface area contributed by atoms with Crippen LogP contribution < -0.4 is 0 Å². The fraction of sp³-hybridized carbons (Fsp3) is 0.500. The van der Waals surface area contributed by atoms with E-state index in [1.165, 1.54) is 11.3 Å². The molecule has 0 aliphatic heterocycles. The Morgan fingerprint density at radius 3 is 2.83 bits per heavy atom. The maximum Gasteiger partial charge on any atom is 0.263 e. The molecule has 0 radical (unpaired) electrons. The summed E-state index contributed by atoms with van der Waals surface area (Å²) in [5.41, 5.74) is 0. The molecule has 0 aliphatic carbocycles. The Morgan fingerprint density at radius 2 is 2.22 bits per heavy atom. The first-order chi connectivity index (χ1) is 8.72. The van der Waals surface area contributed by atoms with E-state index in [1.807, 2.05) is 24.0 Å². The third-order valence-corrected chi connectivity index (χ3v) is 3.55. The molecule has 0 saturated carbocycles. The molecule has 18 heavy (non-hydrogen) atoms. The van der Waals surface area contributed by atoms with Crippen LogP contribution in [0.25, 0.3) is 0 Å². The van der Waals surface area contributed by atoms with Crippen LogP contribution in [-0.4, -0.2) is 35.6 Å². The highest BCUT2D eigenvalue weighted by Gasteiger charge is 2.15. The Bertz CT molecular complexity index is 442. The van der Waals surface area contributed by atoms with Crippen LogP contribution in [0.1, 0.15) is 41.2 Å². The van der Waals surface area contributed by atoms with E-state index in [0.29, 0.717) is 0 Å². The summed E-state index contributed by atoms with van der Waals surface area (Å²) in [5, 5.41) is 8.62. The molecule has 0 unspecified atom stereocenters. The minimum Gasteiger partial charge on any atom is -0.384 e. The molecule has 1 aromatic rings. The van der Waals surface area contributed by atoms with Gasteiger partial charge in [-0.2, -0.15) is 0 Å². The summed E-state index contributed by atoms with van der Waals surface area (Å²) < 4.78 is 0. The van der Waals surface area contributed by atoms with Crippen molar-refractivity contribution in [3.05, 3.63) is 21.9 Å². The van der Waals surface area contributed by atoms with Crippen molar-refractivity contribution in [2.45, 2.75) is 26.7 Å². The van der Waals surface area contributed by atoms with Crippen molar-refractivity contribution < 1.29 is 9.90 Å². The Balaban J connectivity index is 2.72. The van der Waals surface area contributed by atoms with Crippen molar-refractivity contribution in [1.29, 1.82) is 0 Å². The molecule has 0 aromatic carbocycles. The molecule has 0 aliphatic rings. The molecule has 0 bridgehead atoms. The van der Waals surface area contributed by atoms with Crippen molar-refractivity contribution in [3.8, 4) is 11.8 Å². The summed E-state index contributed by atoms with van der Waals surface area (Å²) in [6, 6.07) is 3.64. The molecule has 1 heterocycles. The van der Waals surface area contributed by atoms with Crippen molar-refractivity contribution in [1.82, 2.24) is 4.90 Å². The van der Waals surface area contributed by atoms with Gasteiger partial charge in [0.05, 0.1) is 9.75 Å². The highest BCUT2D eigenvalue weighted by Crippen LogP contribution is 2.17. The minimum atomic E-state index is -0.154. The van der Waals surface area contributed by atoms with Gasteiger partial charge in [-0.15, -0.1) is 11.3 Å². The Kier molecular flexibility index (Phi) is 6.48. The summed E-state index contributed by atoms with van der Waals surface area (Å²) >= 11 is 1.38. The second-order valence-corrected chi connectivity index (χ2v) is 4.95. The van der Waals surface area contributed by atoms with E-state index in [1.54, 1.807) is 0 Å². The van der Waals surface area contributed by atoms with Crippen LogP contribution in [0.2, 0.25) is 0 Å². The van der Waals surface area contributed by atoms with E-state index in [9.17, 15) is 4.79 Å². The number of thiophene rings is 1. The molecule has 0 spiro atoms. The number of nitrogens with zero attached hydrogens (tertiary/aromatic N) is 1. The van der Waals surface area contributed by atoms with Gasteiger partial charge in [0.15, 0.2) is 0 Å². The van der Waals surface area contributed by atoms with Crippen LogP contribution in [0.4, 0.5) is 0 Å². The summed E-state index contributed by atoms with van der Waals surface area (Å²) in [5.74, 6) is 5.48. The quantitative estimate of drug-likeness (QED) is 0.830. The van der Waals surface area contributed by atoms with E-state index in [0.717, 1.165) is 35.7 Å². The van der Waals surface area contributed by atoms with Crippen LogP contribution in [0.5, 0.6) is 0 Å². The van der Waals surface area contributed by atoms with Crippen LogP contribution >= 0.6 is 11.3 Å². The Morgan fingerprint density at radius 1 is 1.44 bits per heavy atom. The van der Waals surface area contributed by atoms with Crippen LogP contribution in [0, 0.1) is 11.8 Å². The van der Waals surface area contributed by atoms with Crippen LogP contribution in [-0.2, 0) is 0 Å². The monoisotopic (exact) mass is 265 g/mol. The molecule has 3 nitrogen and oxygen atoms in total. The van der Waals surface area contributed by atoms with Crippen LogP contribution in [0.3, 0.4) is 0 Å². The van der Waals surface area contributed by atoms with Gasteiger partial charge in [-0.25, -0.2) is 0 Å². The molecular weight excluding hydrogens is 246 g/mol. The largest absolute Gasteiger partial charge is 0.384 e. The zero-order valence-corrected chi connectivity index (χ0v) is 11.7. The molecular formula is C14H19NO2S. The molecule has 1 rings (SSSR count). The third kappa shape index (κ3) is 4.17. The molecule has 1 aromatic heterocycles. The Labute approximate surface area is 112 Å². The number of aliphatic hydroxyl groups is 1.